The fraction of sp³-hybridized carbons (Fsp3) is 0.182. The highest BCUT2D eigenvalue weighted by atomic mass is 16.4. The van der Waals surface area contributed by atoms with Crippen molar-refractivity contribution in [2.45, 2.75) is 0 Å². The number of hydrogen-bond donors (Lipinski definition) is 2. The first-order valence-corrected chi connectivity index (χ1v) is 9.09. The molecule has 0 amide bonds. The van der Waals surface area contributed by atoms with E-state index in [4.69, 9.17) is 10.2 Å². The summed E-state index contributed by atoms with van der Waals surface area (Å²) in [4.78, 5) is 35.8. The number of aliphatic carboxylic acids is 2. The molecule has 154 valence electrons. The van der Waals surface area contributed by atoms with Gasteiger partial charge >= 0.3 is 11.9 Å². The summed E-state index contributed by atoms with van der Waals surface area (Å²) >= 11 is 0. The Morgan fingerprint density at radius 1 is 1.00 bits per heavy atom. The second-order valence-electron chi connectivity index (χ2n) is 7.00. The molecule has 0 heterocycles. The number of carbonyl (C=O) groups is 3. The molecule has 0 radical (unpaired) electrons. The molecule has 0 bridgehead atoms. The van der Waals surface area contributed by atoms with Crippen molar-refractivity contribution in [2.24, 2.45) is 0 Å². The van der Waals surface area contributed by atoms with Crippen molar-refractivity contribution in [3.8, 4) is 0 Å². The van der Waals surface area contributed by atoms with Gasteiger partial charge in [-0.15, -0.1) is 0 Å². The molecule has 1 aromatic carbocycles. The van der Waals surface area contributed by atoms with E-state index in [9.17, 15) is 19.5 Å². The number of ketones is 1. The molecule has 8 heteroatoms. The predicted octanol–water partition coefficient (Wildman–Crippen LogP) is 0.452. The van der Waals surface area contributed by atoms with Gasteiger partial charge in [0.25, 0.3) is 0 Å². The van der Waals surface area contributed by atoms with E-state index in [0.29, 0.717) is 22.5 Å². The molecule has 2 N–H and O–H groups in total. The first-order valence-electron chi connectivity index (χ1n) is 9.09. The van der Waals surface area contributed by atoms with E-state index >= 15 is 0 Å². The second-order valence-corrected chi connectivity index (χ2v) is 7.00. The third kappa shape index (κ3) is 4.07. The molecule has 0 atom stereocenters. The van der Waals surface area contributed by atoms with E-state index in [0.717, 1.165) is 0 Å². The summed E-state index contributed by atoms with van der Waals surface area (Å²) in [5, 5.41) is 30.4. The fourth-order valence-corrected chi connectivity index (χ4v) is 3.27. The summed E-state index contributed by atoms with van der Waals surface area (Å²) in [5.41, 5.74) is 2.49. The van der Waals surface area contributed by atoms with Crippen LogP contribution < -0.4 is 10.0 Å². The minimum atomic E-state index is -0.959. The van der Waals surface area contributed by atoms with Gasteiger partial charge in [0.2, 0.25) is 6.54 Å². The molecule has 0 aliphatic heterocycles. The van der Waals surface area contributed by atoms with Crippen molar-refractivity contribution in [1.29, 1.82) is 0 Å². The highest BCUT2D eigenvalue weighted by molar-refractivity contribution is 6.39. The Morgan fingerprint density at radius 3 is 2.10 bits per heavy atom. The number of rotatable bonds is 6. The third-order valence-corrected chi connectivity index (χ3v) is 4.85. The van der Waals surface area contributed by atoms with Crippen molar-refractivity contribution in [2.75, 3.05) is 32.1 Å². The van der Waals surface area contributed by atoms with Crippen molar-refractivity contribution in [1.82, 2.24) is 0 Å². The molecule has 1 aromatic rings. The van der Waals surface area contributed by atoms with Crippen LogP contribution in [-0.4, -0.2) is 65.4 Å². The largest absolute Gasteiger partial charge is 0.871 e. The van der Waals surface area contributed by atoms with E-state index in [1.165, 1.54) is 0 Å². The Morgan fingerprint density at radius 2 is 1.60 bits per heavy atom. The Bertz CT molecular complexity index is 1070. The molecule has 0 saturated heterocycles. The zero-order valence-electron chi connectivity index (χ0n) is 16.5. The van der Waals surface area contributed by atoms with Crippen LogP contribution >= 0.6 is 0 Å². The van der Waals surface area contributed by atoms with Gasteiger partial charge in [-0.2, -0.15) is 0 Å². The highest BCUT2D eigenvalue weighted by Crippen LogP contribution is 2.37. The smallest absolute Gasteiger partial charge is 0.369 e. The molecule has 3 rings (SSSR count). The summed E-state index contributed by atoms with van der Waals surface area (Å²) in [7, 11) is 3.28. The number of allylic oxidation sites excluding steroid dienone is 7. The number of likely N-dealkylation sites (N-methyl/N-ethyl adjacent to an activating group) is 2. The van der Waals surface area contributed by atoms with E-state index in [2.05, 4.69) is 0 Å². The van der Waals surface area contributed by atoms with Gasteiger partial charge in [-0.3, -0.25) is 9.59 Å². The van der Waals surface area contributed by atoms with Crippen LogP contribution in [0.5, 0.6) is 0 Å². The van der Waals surface area contributed by atoms with Crippen molar-refractivity contribution >= 4 is 34.7 Å². The molecule has 30 heavy (non-hydrogen) atoms. The lowest BCUT2D eigenvalue weighted by atomic mass is 9.80. The number of hydrogen-bond acceptors (Lipinski definition) is 5. The van der Waals surface area contributed by atoms with Crippen LogP contribution in [0.2, 0.25) is 0 Å². The van der Waals surface area contributed by atoms with Gasteiger partial charge in [0.05, 0.1) is 0 Å². The van der Waals surface area contributed by atoms with E-state index in [-0.39, 0.29) is 35.8 Å². The molecule has 0 spiro atoms. The maximum absolute atomic E-state index is 12.6. The molecule has 8 nitrogen and oxygen atoms in total. The first-order chi connectivity index (χ1) is 14.2. The maximum atomic E-state index is 12.6. The molecule has 0 unspecified atom stereocenters. The summed E-state index contributed by atoms with van der Waals surface area (Å²) in [6.07, 6.45) is 6.58. The lowest BCUT2D eigenvalue weighted by Gasteiger charge is -2.32. The normalized spacial score (nSPS) is 15.4. The van der Waals surface area contributed by atoms with Crippen molar-refractivity contribution < 1.29 is 34.3 Å². The molecule has 0 fully saturated rings. The van der Waals surface area contributed by atoms with Crippen LogP contribution in [0, 0.1) is 0 Å². The van der Waals surface area contributed by atoms with Crippen molar-refractivity contribution in [3.05, 3.63) is 71.0 Å². The average Bonchev–Trinajstić information content (AvgIpc) is 2.68. The van der Waals surface area contributed by atoms with Gasteiger partial charge < -0.3 is 20.2 Å². The SMILES string of the molecule is CN(CC(=O)O)c1ccc(C2=C([O-])C(=C3C=CC(=[N+](C)CC(=O)O)C=C3)C2=O)cc1. The maximum Gasteiger partial charge on any atom is 0.369 e. The summed E-state index contributed by atoms with van der Waals surface area (Å²) in [5.74, 6) is -2.61. The lowest BCUT2D eigenvalue weighted by molar-refractivity contribution is -0.485. The number of carbonyl (C=O) groups excluding carboxylic acids is 1. The van der Waals surface area contributed by atoms with Crippen LogP contribution in [0.25, 0.3) is 5.57 Å². The number of benzene rings is 1. The third-order valence-electron chi connectivity index (χ3n) is 4.85. The van der Waals surface area contributed by atoms with Crippen LogP contribution in [0.1, 0.15) is 5.56 Å². The fourth-order valence-electron chi connectivity index (χ4n) is 3.27. The zero-order valence-corrected chi connectivity index (χ0v) is 16.5. The minimum Gasteiger partial charge on any atom is -0.871 e. The summed E-state index contributed by atoms with van der Waals surface area (Å²) in [6.45, 7) is -0.327. The van der Waals surface area contributed by atoms with Gasteiger partial charge in [-0.1, -0.05) is 17.9 Å². The van der Waals surface area contributed by atoms with Gasteiger partial charge in [-0.25, -0.2) is 9.37 Å². The van der Waals surface area contributed by atoms with Crippen LogP contribution in [0.15, 0.2) is 65.5 Å². The number of carboxylic acids is 2. The monoisotopic (exact) mass is 408 g/mol. The summed E-state index contributed by atoms with van der Waals surface area (Å²) < 4.78 is 1.54. The highest BCUT2D eigenvalue weighted by Gasteiger charge is 2.30. The standard InChI is InChI=1S/C22H20N2O6/c1-23(11-17(25)26)15-7-3-13(4-8-15)19-21(29)20(22(19)30)14-5-9-16(10-6-14)24(2)12-18(27)28/h3-10H,11-12H2,1-2H3,(H2-,25,26,27,28,29,30). The van der Waals surface area contributed by atoms with E-state index in [1.54, 1.807) is 72.1 Å². The molecule has 0 aromatic heterocycles. The van der Waals surface area contributed by atoms with Gasteiger partial charge in [0.1, 0.15) is 13.6 Å². The Labute approximate surface area is 172 Å². The second kappa shape index (κ2) is 8.20. The van der Waals surface area contributed by atoms with E-state index in [1.807, 2.05) is 0 Å². The topological polar surface area (TPSA) is 121 Å². The van der Waals surface area contributed by atoms with E-state index < -0.39 is 11.9 Å². The van der Waals surface area contributed by atoms with Crippen LogP contribution in [0.4, 0.5) is 5.69 Å². The molecular formula is C22H20N2O6. The van der Waals surface area contributed by atoms with Crippen LogP contribution in [0.3, 0.4) is 0 Å². The van der Waals surface area contributed by atoms with Gasteiger partial charge in [0.15, 0.2) is 11.5 Å². The Balaban J connectivity index is 1.84. The minimum absolute atomic E-state index is 0.101. The zero-order chi connectivity index (χ0) is 22.0. The number of carboxylic acid groups (broad SMARTS) is 2. The first kappa shape index (κ1) is 20.8. The van der Waals surface area contributed by atoms with Gasteiger partial charge in [-0.05, 0) is 35.4 Å². The predicted molar refractivity (Wildman–Crippen MR) is 108 cm³/mol. The average molecular weight is 408 g/mol. The van der Waals surface area contributed by atoms with Gasteiger partial charge in [0, 0.05) is 36.0 Å². The Hall–Kier alpha value is -3.94. The molecule has 2 aliphatic rings. The molecular weight excluding hydrogens is 388 g/mol. The quantitative estimate of drug-likeness (QED) is 0.518. The number of anilines is 1. The number of nitrogens with zero attached hydrogens (tertiary/aromatic N) is 2. The lowest BCUT2D eigenvalue weighted by Crippen LogP contribution is -2.30. The Kier molecular flexibility index (Phi) is 5.68. The van der Waals surface area contributed by atoms with Crippen LogP contribution in [-0.2, 0) is 14.4 Å². The summed E-state index contributed by atoms with van der Waals surface area (Å²) in [6, 6.07) is 6.58. The molecule has 0 saturated carbocycles. The number of Topliss-reactive ketones (excluding diaryl/α,β-unsaturated/α-hetero) is 1. The van der Waals surface area contributed by atoms with Crippen molar-refractivity contribution in [3.63, 3.8) is 0 Å². The molecule has 2 aliphatic carbocycles.